The monoisotopic (exact) mass is 646 g/mol. The number of hydrogen-bond acceptors (Lipinski definition) is 6. The summed E-state index contributed by atoms with van der Waals surface area (Å²) in [5.41, 5.74) is 2.15. The highest BCUT2D eigenvalue weighted by Gasteiger charge is 2.59. The lowest BCUT2D eigenvalue weighted by molar-refractivity contribution is -0.151. The van der Waals surface area contributed by atoms with E-state index in [1.807, 2.05) is 0 Å². The maximum absolute atomic E-state index is 12.6. The summed E-state index contributed by atoms with van der Waals surface area (Å²) in [4.78, 5) is 39.2. The zero-order valence-corrected chi connectivity index (χ0v) is 28.7. The molecule has 3 N–H and O–H groups in total. The van der Waals surface area contributed by atoms with Crippen LogP contribution in [0.3, 0.4) is 0 Å². The van der Waals surface area contributed by atoms with Crippen LogP contribution in [0.25, 0.3) is 0 Å². The van der Waals surface area contributed by atoms with Gasteiger partial charge in [-0.15, -0.1) is 0 Å². The number of allylic oxidation sites excluding steroid dienone is 1. The van der Waals surface area contributed by atoms with Gasteiger partial charge in [-0.3, -0.25) is 9.32 Å². The van der Waals surface area contributed by atoms with Gasteiger partial charge < -0.3 is 19.4 Å². The molecule has 3 fully saturated rings. The lowest BCUT2D eigenvalue weighted by Gasteiger charge is -2.58. The fraction of sp³-hybridized carbons (Fsp3) is 0.906. The molecule has 9 nitrogen and oxygen atoms in total. The number of carbonyl (C=O) groups is 1. The summed E-state index contributed by atoms with van der Waals surface area (Å²) in [6.07, 6.45) is 16.5. The highest BCUT2D eigenvalue weighted by atomic mass is 31.3. The van der Waals surface area contributed by atoms with E-state index in [-0.39, 0.29) is 36.9 Å². The molecule has 0 aromatic carbocycles. The Morgan fingerprint density at radius 1 is 0.977 bits per heavy atom. The smallest absolute Gasteiger partial charge is 0.462 e. The molecular weight excluding hydrogens is 590 g/mol. The van der Waals surface area contributed by atoms with Gasteiger partial charge in [-0.2, -0.15) is 4.31 Å². The second-order valence-electron chi connectivity index (χ2n) is 15.0. The highest BCUT2D eigenvalue weighted by molar-refractivity contribution is 7.60. The zero-order valence-electron chi connectivity index (χ0n) is 26.9. The SMILES string of the molecule is CC(C)CCC[C@@H](C)[C@H]1CC[C@H]2[C@@H]3CC=C4C[C@@H](OC(=O)CCCCOP(=O)(O)OP(=O)(O)O)CC[C@]4(C)[C@H]3CC[C@]12C. The molecule has 0 bridgehead atoms. The normalized spacial score (nSPS) is 36.2. The van der Waals surface area contributed by atoms with E-state index in [2.05, 4.69) is 49.5 Å². The minimum absolute atomic E-state index is 0.120. The Morgan fingerprint density at radius 3 is 2.42 bits per heavy atom. The Labute approximate surface area is 258 Å². The molecule has 0 radical (unpaired) electrons. The first-order chi connectivity index (χ1) is 20.0. The molecule has 0 heterocycles. The number of hydrogen-bond donors (Lipinski definition) is 3. The molecule has 0 aliphatic heterocycles. The first-order valence-electron chi connectivity index (χ1n) is 16.7. The van der Waals surface area contributed by atoms with Gasteiger partial charge >= 0.3 is 21.6 Å². The number of phosphoric acid groups is 2. The van der Waals surface area contributed by atoms with E-state index in [9.17, 15) is 18.8 Å². The molecule has 1 unspecified atom stereocenters. The standard InChI is InChI=1S/C32H56O9P2/c1-22(2)9-8-10-23(3)27-14-15-28-26-13-12-24-21-25(16-18-31(24,4)29(26)17-19-32(27,28)5)40-30(33)11-6-7-20-39-43(37,38)41-42(34,35)36/h12,22-23,25-29H,6-11,13-21H2,1-5H3,(H,37,38)(H2,34,35,36)/t23-,25+,26+,27-,28+,29+,31+,32-/m1/s1. The Hall–Kier alpha value is -0.530. The van der Waals surface area contributed by atoms with E-state index in [0.29, 0.717) is 17.8 Å². The molecule has 11 heteroatoms. The van der Waals surface area contributed by atoms with Crippen molar-refractivity contribution < 1.29 is 42.2 Å². The van der Waals surface area contributed by atoms with E-state index < -0.39 is 15.6 Å². The summed E-state index contributed by atoms with van der Waals surface area (Å²) < 4.78 is 36.4. The Kier molecular flexibility index (Phi) is 11.6. The van der Waals surface area contributed by atoms with Crippen molar-refractivity contribution in [2.24, 2.45) is 46.3 Å². The van der Waals surface area contributed by atoms with Crippen molar-refractivity contribution in [3.63, 3.8) is 0 Å². The molecule has 0 amide bonds. The average Bonchev–Trinajstić information content (AvgIpc) is 3.24. The van der Waals surface area contributed by atoms with E-state index in [4.69, 9.17) is 14.5 Å². The van der Waals surface area contributed by atoms with Gasteiger partial charge in [0.2, 0.25) is 0 Å². The minimum Gasteiger partial charge on any atom is -0.462 e. The topological polar surface area (TPSA) is 140 Å². The summed E-state index contributed by atoms with van der Waals surface area (Å²) in [6.45, 7) is 12.0. The van der Waals surface area contributed by atoms with Crippen molar-refractivity contribution in [1.82, 2.24) is 0 Å². The van der Waals surface area contributed by atoms with E-state index in [1.54, 1.807) is 0 Å². The van der Waals surface area contributed by atoms with Gasteiger partial charge in [0.15, 0.2) is 0 Å². The van der Waals surface area contributed by atoms with Gasteiger partial charge in [-0.05, 0) is 104 Å². The van der Waals surface area contributed by atoms with Crippen molar-refractivity contribution in [2.45, 2.75) is 131 Å². The van der Waals surface area contributed by atoms with Crippen LogP contribution in [0.2, 0.25) is 0 Å². The number of carbonyl (C=O) groups excluding carboxylic acids is 1. The predicted octanol–water partition coefficient (Wildman–Crippen LogP) is 8.34. The van der Waals surface area contributed by atoms with Crippen LogP contribution < -0.4 is 0 Å². The molecule has 248 valence electrons. The summed E-state index contributed by atoms with van der Waals surface area (Å²) in [5, 5.41) is 0. The van der Waals surface area contributed by atoms with Crippen LogP contribution in [0, 0.1) is 46.3 Å². The van der Waals surface area contributed by atoms with Crippen molar-refractivity contribution in [2.75, 3.05) is 6.61 Å². The molecule has 0 aromatic heterocycles. The average molecular weight is 647 g/mol. The van der Waals surface area contributed by atoms with Crippen LogP contribution in [0.1, 0.15) is 125 Å². The summed E-state index contributed by atoms with van der Waals surface area (Å²) in [7, 11) is -9.99. The van der Waals surface area contributed by atoms with Crippen LogP contribution in [0.4, 0.5) is 0 Å². The van der Waals surface area contributed by atoms with Crippen LogP contribution in [0.5, 0.6) is 0 Å². The third-order valence-electron chi connectivity index (χ3n) is 11.8. The zero-order chi connectivity index (χ0) is 31.6. The first-order valence-corrected chi connectivity index (χ1v) is 19.7. The number of fused-ring (bicyclic) bond motifs is 5. The van der Waals surface area contributed by atoms with Crippen LogP contribution in [-0.4, -0.2) is 33.4 Å². The molecule has 0 spiro atoms. The molecule has 4 aliphatic rings. The fourth-order valence-corrected chi connectivity index (χ4v) is 11.3. The first kappa shape index (κ1) is 35.3. The molecule has 0 saturated heterocycles. The minimum atomic E-state index is -5.14. The lowest BCUT2D eigenvalue weighted by atomic mass is 9.47. The lowest BCUT2D eigenvalue weighted by Crippen LogP contribution is -2.51. The number of phosphoric ester groups is 1. The second kappa shape index (κ2) is 14.1. The number of rotatable bonds is 14. The van der Waals surface area contributed by atoms with Crippen molar-refractivity contribution in [3.8, 4) is 0 Å². The third kappa shape index (κ3) is 8.64. The maximum atomic E-state index is 12.6. The summed E-state index contributed by atoms with van der Waals surface area (Å²) in [5.74, 6) is 4.46. The Bertz CT molecular complexity index is 1100. The summed E-state index contributed by atoms with van der Waals surface area (Å²) in [6, 6.07) is 0. The van der Waals surface area contributed by atoms with E-state index >= 15 is 0 Å². The quantitative estimate of drug-likeness (QED) is 0.0735. The van der Waals surface area contributed by atoms with Gasteiger partial charge in [0, 0.05) is 12.8 Å². The van der Waals surface area contributed by atoms with E-state index in [1.165, 1.54) is 50.5 Å². The van der Waals surface area contributed by atoms with Gasteiger partial charge in [-0.1, -0.05) is 65.5 Å². The van der Waals surface area contributed by atoms with Gasteiger partial charge in [0.05, 0.1) is 6.61 Å². The number of esters is 1. The third-order valence-corrected chi connectivity index (χ3v) is 14.0. The van der Waals surface area contributed by atoms with E-state index in [0.717, 1.165) is 55.3 Å². The number of unbranched alkanes of at least 4 members (excludes halogenated alkanes) is 1. The Morgan fingerprint density at radius 2 is 1.72 bits per heavy atom. The molecule has 43 heavy (non-hydrogen) atoms. The molecular formula is C32H56O9P2. The van der Waals surface area contributed by atoms with Crippen molar-refractivity contribution in [3.05, 3.63) is 11.6 Å². The second-order valence-corrected chi connectivity index (χ2v) is 17.8. The van der Waals surface area contributed by atoms with Crippen molar-refractivity contribution >= 4 is 21.6 Å². The molecule has 3 saturated carbocycles. The molecule has 4 rings (SSSR count). The van der Waals surface area contributed by atoms with Crippen LogP contribution in [-0.2, 0) is 27.5 Å². The fourth-order valence-electron chi connectivity index (χ4n) is 9.71. The van der Waals surface area contributed by atoms with Crippen LogP contribution in [0.15, 0.2) is 11.6 Å². The highest BCUT2D eigenvalue weighted by Crippen LogP contribution is 2.67. The Balaban J connectivity index is 1.26. The summed E-state index contributed by atoms with van der Waals surface area (Å²) >= 11 is 0. The predicted molar refractivity (Wildman–Crippen MR) is 166 cm³/mol. The molecule has 4 aliphatic carbocycles. The number of ether oxygens (including phenoxy) is 1. The van der Waals surface area contributed by atoms with Gasteiger partial charge in [-0.25, -0.2) is 9.13 Å². The van der Waals surface area contributed by atoms with Gasteiger partial charge in [0.25, 0.3) is 0 Å². The largest absolute Gasteiger partial charge is 0.481 e. The maximum Gasteiger partial charge on any atom is 0.481 e. The molecule has 0 aromatic rings. The van der Waals surface area contributed by atoms with Gasteiger partial charge in [0.1, 0.15) is 6.10 Å². The molecule has 9 atom stereocenters. The van der Waals surface area contributed by atoms with Crippen LogP contribution >= 0.6 is 15.6 Å². The van der Waals surface area contributed by atoms with Crippen molar-refractivity contribution in [1.29, 1.82) is 0 Å².